The second-order valence-electron chi connectivity index (χ2n) is 22.7. The Morgan fingerprint density at radius 2 is 1.09 bits per heavy atom. The van der Waals surface area contributed by atoms with Gasteiger partial charge in [-0.2, -0.15) is 0 Å². The number of aliphatic hydroxyl groups excluding tert-OH is 4. The van der Waals surface area contributed by atoms with Crippen molar-refractivity contribution in [2.75, 3.05) is 32.1 Å². The topological polar surface area (TPSA) is 514 Å². The number of esters is 1. The van der Waals surface area contributed by atoms with Gasteiger partial charge in [-0.15, -0.1) is 11.6 Å². The fourth-order valence-corrected chi connectivity index (χ4v) is 9.64. The minimum absolute atomic E-state index is 0.145. The molecule has 21 N–H and O–H groups in total. The SMILES string of the molecule is C/C=C1/NC(=O)C([C@H](C)O)NC(=O)[C@H](CCN)NC(=O)C(CCCCN)NC(=O)C(CC(=O)NC2CC2)NC(=O)[C@@H](CCN)NC(=O)C([C@H](O)C(=O)O)NC(=O)C(NC(=O)C[C@H](O)CCCCCCCCCCCCCCC)COC(=O)C([C@H](O)CCl)NC1=O. The van der Waals surface area contributed by atoms with E-state index >= 15 is 0 Å². The number of carbonyl (C=O) groups excluding carboxylic acids is 11. The van der Waals surface area contributed by atoms with Gasteiger partial charge in [0.25, 0.3) is 5.91 Å². The normalized spacial score (nSPS) is 24.3. The van der Waals surface area contributed by atoms with Crippen molar-refractivity contribution in [1.29, 1.82) is 0 Å². The van der Waals surface area contributed by atoms with E-state index in [9.17, 15) is 83.1 Å². The molecule has 10 amide bonds. The van der Waals surface area contributed by atoms with Crippen molar-refractivity contribution in [3.8, 4) is 0 Å². The van der Waals surface area contributed by atoms with Crippen LogP contribution in [0.25, 0.3) is 0 Å². The van der Waals surface area contributed by atoms with Gasteiger partial charge in [0.2, 0.25) is 53.2 Å². The summed E-state index contributed by atoms with van der Waals surface area (Å²) >= 11 is 5.92. The molecule has 2 rings (SSSR count). The van der Waals surface area contributed by atoms with Crippen molar-refractivity contribution in [2.45, 2.75) is 247 Å². The molecule has 512 valence electrons. The average Bonchev–Trinajstić information content (AvgIpc) is 2.11. The Hall–Kier alpha value is -6.61. The number of halogens is 1. The monoisotopic (exact) mass is 1300 g/mol. The van der Waals surface area contributed by atoms with Crippen LogP contribution < -0.4 is 70.4 Å². The maximum absolute atomic E-state index is 14.3. The molecular weight excluding hydrogens is 1200 g/mol. The largest absolute Gasteiger partial charge is 0.479 e. The molecule has 32 heteroatoms. The molecule has 0 spiro atoms. The van der Waals surface area contributed by atoms with Gasteiger partial charge in [-0.1, -0.05) is 96.5 Å². The number of carboxylic acids is 1. The van der Waals surface area contributed by atoms with Crippen molar-refractivity contribution in [3.05, 3.63) is 11.8 Å². The van der Waals surface area contributed by atoms with E-state index in [0.717, 1.165) is 51.5 Å². The number of alkyl halides is 1. The second-order valence-corrected chi connectivity index (χ2v) is 23.0. The van der Waals surface area contributed by atoms with Crippen molar-refractivity contribution in [2.24, 2.45) is 17.2 Å². The molecule has 0 aromatic heterocycles. The zero-order chi connectivity index (χ0) is 67.3. The van der Waals surface area contributed by atoms with E-state index in [-0.39, 0.29) is 51.4 Å². The summed E-state index contributed by atoms with van der Waals surface area (Å²) in [7, 11) is 0. The lowest BCUT2D eigenvalue weighted by molar-refractivity contribution is -0.154. The quantitative estimate of drug-likeness (QED) is 0.0132. The number of ether oxygens (including phenoxy) is 1. The van der Waals surface area contributed by atoms with Crippen LogP contribution in [-0.4, -0.2) is 207 Å². The summed E-state index contributed by atoms with van der Waals surface area (Å²) in [4.78, 5) is 166. The minimum Gasteiger partial charge on any atom is -0.479 e. The van der Waals surface area contributed by atoms with Gasteiger partial charge in [-0.05, 0) is 84.8 Å². The average molecular weight is 1300 g/mol. The highest BCUT2D eigenvalue weighted by molar-refractivity contribution is 6.18. The summed E-state index contributed by atoms with van der Waals surface area (Å²) in [6, 6.07) is -15.7. The minimum atomic E-state index is -2.82. The number of hydrogen-bond donors (Lipinski definition) is 18. The lowest BCUT2D eigenvalue weighted by atomic mass is 10.0. The van der Waals surface area contributed by atoms with Crippen LogP contribution in [0.2, 0.25) is 0 Å². The highest BCUT2D eigenvalue weighted by Gasteiger charge is 2.41. The van der Waals surface area contributed by atoms with Gasteiger partial charge >= 0.3 is 11.9 Å². The Bertz CT molecular complexity index is 2370. The molecule has 31 nitrogen and oxygen atoms in total. The van der Waals surface area contributed by atoms with Gasteiger partial charge in [0, 0.05) is 6.04 Å². The van der Waals surface area contributed by atoms with Gasteiger partial charge in [-0.25, -0.2) is 9.59 Å². The smallest absolute Gasteiger partial charge is 0.335 e. The number of aliphatic carboxylic acids is 1. The molecule has 2 aliphatic rings. The third kappa shape index (κ3) is 30.5. The summed E-state index contributed by atoms with van der Waals surface area (Å²) in [5.74, 6) is -16.3. The van der Waals surface area contributed by atoms with Crippen LogP contribution in [0.5, 0.6) is 0 Å². The number of unbranched alkanes of at least 4 members (excludes halogenated alkanes) is 13. The van der Waals surface area contributed by atoms with Gasteiger partial charge in [0.05, 0.1) is 37.0 Å². The summed E-state index contributed by atoms with van der Waals surface area (Å²) in [6.07, 6.45) is 6.64. The van der Waals surface area contributed by atoms with Crippen LogP contribution in [0.3, 0.4) is 0 Å². The van der Waals surface area contributed by atoms with Gasteiger partial charge in [-0.3, -0.25) is 47.9 Å². The summed E-state index contributed by atoms with van der Waals surface area (Å²) in [6.45, 7) is 2.81. The van der Waals surface area contributed by atoms with Crippen molar-refractivity contribution < 1.29 is 87.8 Å². The first kappa shape index (κ1) is 79.5. The number of aliphatic hydroxyl groups is 4. The third-order valence-electron chi connectivity index (χ3n) is 14.9. The Balaban J connectivity index is 2.69. The van der Waals surface area contributed by atoms with Crippen LogP contribution in [-0.2, 0) is 62.3 Å². The zero-order valence-electron chi connectivity index (χ0n) is 52.0. The van der Waals surface area contributed by atoms with Gasteiger partial charge < -0.3 is 101 Å². The number of cyclic esters (lactones) is 1. The molecule has 1 saturated heterocycles. The molecule has 0 aromatic rings. The van der Waals surface area contributed by atoms with Crippen LogP contribution >= 0.6 is 11.6 Å². The molecular formula is C58H100ClN13O18. The molecule has 1 saturated carbocycles. The van der Waals surface area contributed by atoms with E-state index in [2.05, 4.69) is 54.8 Å². The zero-order valence-corrected chi connectivity index (χ0v) is 52.8. The molecule has 0 bridgehead atoms. The Morgan fingerprint density at radius 3 is 1.59 bits per heavy atom. The van der Waals surface area contributed by atoms with Gasteiger partial charge in [0.15, 0.2) is 12.1 Å². The predicted octanol–water partition coefficient (Wildman–Crippen LogP) is -3.40. The summed E-state index contributed by atoms with van der Waals surface area (Å²) < 4.78 is 5.32. The van der Waals surface area contributed by atoms with E-state index in [1.165, 1.54) is 45.4 Å². The Kier molecular flexibility index (Phi) is 38.8. The molecule has 12 atom stereocenters. The number of hydrogen-bond acceptors (Lipinski definition) is 20. The van der Waals surface area contributed by atoms with E-state index in [0.29, 0.717) is 25.7 Å². The van der Waals surface area contributed by atoms with E-state index < -0.39 is 181 Å². The number of carbonyl (C=O) groups is 12. The molecule has 0 radical (unpaired) electrons. The Labute approximate surface area is 530 Å². The molecule has 6 unspecified atom stereocenters. The molecule has 2 fully saturated rings. The lowest BCUT2D eigenvalue weighted by Crippen LogP contribution is -2.63. The first-order valence-corrected chi connectivity index (χ1v) is 31.9. The molecule has 0 aromatic carbocycles. The van der Waals surface area contributed by atoms with Crippen LogP contribution in [0.4, 0.5) is 0 Å². The number of carboxylic acid groups (broad SMARTS) is 1. The van der Waals surface area contributed by atoms with Crippen molar-refractivity contribution in [1.82, 2.24) is 53.2 Å². The maximum atomic E-state index is 14.3. The van der Waals surface area contributed by atoms with Crippen molar-refractivity contribution >= 4 is 82.6 Å². The highest BCUT2D eigenvalue weighted by atomic mass is 35.5. The molecule has 90 heavy (non-hydrogen) atoms. The standard InChI is InChI=1S/C58H100ClN13O18/c1-4-6-7-8-9-10-11-12-13-14-15-16-17-20-35(74)29-43(76)64-41-32-90-58(89)46(42(75)31-59)71-49(79)36(5-2)65-55(85)45(33(3)73)70-52(82)39(25-28-62)67-50(80)37(21-18-19-26-60)66-53(83)40(30-44(77)63-34-22-23-34)69-51(81)38(24-27-61)68-56(86)47(72-54(41)84)48(78)57(87)88/h5,33-35,37-42,45-48,73-75,78H,4,6-32,60-62H2,1-3H3,(H,63,77)(H,64,76)(H,65,85)(H,66,83)(H,67,80)(H,68,86)(H,69,81)(H,70,82)(H,71,79)(H,72,84)(H,87,88)/b36-5+/t33-,35+,37?,38+,39-,40?,41?,42+,45?,46?,47?,48-/m0/s1. The van der Waals surface area contributed by atoms with Crippen molar-refractivity contribution in [3.63, 3.8) is 0 Å². The van der Waals surface area contributed by atoms with E-state index in [1.807, 2.05) is 5.32 Å². The summed E-state index contributed by atoms with van der Waals surface area (Å²) in [5.41, 5.74) is 16.7. The van der Waals surface area contributed by atoms with Crippen LogP contribution in [0.15, 0.2) is 11.8 Å². The van der Waals surface area contributed by atoms with E-state index in [1.54, 1.807) is 0 Å². The van der Waals surface area contributed by atoms with Gasteiger partial charge in [0.1, 0.15) is 54.6 Å². The molecule has 1 heterocycles. The summed E-state index contributed by atoms with van der Waals surface area (Å²) in [5, 5.41) is 76.5. The van der Waals surface area contributed by atoms with Crippen LogP contribution in [0, 0.1) is 0 Å². The molecule has 1 aliphatic carbocycles. The van der Waals surface area contributed by atoms with Crippen LogP contribution in [0.1, 0.15) is 168 Å². The number of nitrogens with one attached hydrogen (secondary N) is 10. The highest BCUT2D eigenvalue weighted by Crippen LogP contribution is 2.19. The third-order valence-corrected chi connectivity index (χ3v) is 15.2. The van der Waals surface area contributed by atoms with E-state index in [4.69, 9.17) is 33.5 Å². The second kappa shape index (κ2) is 44.0. The number of rotatable bonds is 33. The molecule has 1 aliphatic heterocycles. The first-order valence-electron chi connectivity index (χ1n) is 31.3. The number of allylic oxidation sites excluding steroid dienone is 1. The fraction of sp³-hybridized carbons (Fsp3) is 0.759. The maximum Gasteiger partial charge on any atom is 0.335 e. The predicted molar refractivity (Wildman–Crippen MR) is 327 cm³/mol. The number of nitrogens with two attached hydrogens (primary N) is 3. The Morgan fingerprint density at radius 1 is 0.589 bits per heavy atom. The lowest BCUT2D eigenvalue weighted by Gasteiger charge is -2.29. The fourth-order valence-electron chi connectivity index (χ4n) is 9.46. The first-order chi connectivity index (χ1) is 42.8. The number of amides is 10.